The molecular weight excluding hydrogens is 880 g/mol. The largest absolute Gasteiger partial charge is 0.502 e. The van der Waals surface area contributed by atoms with Gasteiger partial charge in [0, 0.05) is 43.2 Å². The normalized spacial score (nSPS) is 18.3. The van der Waals surface area contributed by atoms with E-state index in [0.717, 1.165) is 13.1 Å². The van der Waals surface area contributed by atoms with Crippen LogP contribution in [0.1, 0.15) is 110 Å². The smallest absolute Gasteiger partial charge is 0.0172 e. The van der Waals surface area contributed by atoms with Gasteiger partial charge in [0.2, 0.25) is 0 Å². The zero-order chi connectivity index (χ0) is 41.3. The minimum absolute atomic E-state index is 0.0465. The van der Waals surface area contributed by atoms with Crippen molar-refractivity contribution in [1.29, 1.82) is 0 Å². The fourth-order valence-corrected chi connectivity index (χ4v) is 17.4. The van der Waals surface area contributed by atoms with E-state index in [-0.39, 0.29) is 7.92 Å². The molecule has 318 valence electrons. The molecule has 6 aromatic rings. The van der Waals surface area contributed by atoms with Crippen LogP contribution in [0.2, 0.25) is 0 Å². The van der Waals surface area contributed by atoms with Crippen molar-refractivity contribution >= 4 is 86.4 Å². The summed E-state index contributed by atoms with van der Waals surface area (Å²) < 4.78 is 1.88. The van der Waals surface area contributed by atoms with Crippen molar-refractivity contribution in [2.24, 2.45) is 0 Å². The third-order valence-electron chi connectivity index (χ3n) is 13.7. The Morgan fingerprint density at radius 3 is 1.28 bits per heavy atom. The zero-order valence-corrected chi connectivity index (χ0v) is 40.1. The molecule has 4 fully saturated rings. The van der Waals surface area contributed by atoms with Gasteiger partial charge in [0.1, 0.15) is 0 Å². The monoisotopic (exact) mass is 944 g/mol. The van der Waals surface area contributed by atoms with Crippen LogP contribution in [0.25, 0.3) is 43.1 Å². The van der Waals surface area contributed by atoms with E-state index in [1.165, 1.54) is 77.0 Å². The SMILES string of the molecule is C1CCC([PH+](C2CCCCC2)C2CCCCC2)CC1.CC(C)=C[CH]=[Ru]([Cl])[Cl].c1ccc2c(c1)ccc1cccc(N3[CH-]N(c4cccc5ccc6ccccc6c45)CC3)c12. The van der Waals surface area contributed by atoms with Gasteiger partial charge in [-0.15, -0.1) is 0 Å². The summed E-state index contributed by atoms with van der Waals surface area (Å²) in [5.41, 5.74) is 7.47. The Labute approximate surface area is 375 Å². The first kappa shape index (κ1) is 43.8. The van der Waals surface area contributed by atoms with Crippen LogP contribution in [-0.2, 0) is 13.5 Å². The van der Waals surface area contributed by atoms with E-state index in [2.05, 4.69) is 126 Å². The molecule has 0 radical (unpaired) electrons. The van der Waals surface area contributed by atoms with Crippen LogP contribution in [0.3, 0.4) is 0 Å². The van der Waals surface area contributed by atoms with Crippen molar-refractivity contribution in [2.75, 3.05) is 22.9 Å². The average Bonchev–Trinajstić information content (AvgIpc) is 3.80. The first-order chi connectivity index (χ1) is 29.4. The van der Waals surface area contributed by atoms with E-state index in [4.69, 9.17) is 19.4 Å². The molecule has 4 aliphatic rings. The van der Waals surface area contributed by atoms with Crippen LogP contribution < -0.4 is 9.80 Å². The summed E-state index contributed by atoms with van der Waals surface area (Å²) in [5.74, 6) is 0. The van der Waals surface area contributed by atoms with Gasteiger partial charge in [-0.05, 0) is 121 Å². The number of allylic oxidation sites excluding steroid dienone is 2. The van der Waals surface area contributed by atoms with E-state index in [0.29, 0.717) is 0 Å². The van der Waals surface area contributed by atoms with E-state index >= 15 is 0 Å². The van der Waals surface area contributed by atoms with Crippen molar-refractivity contribution in [2.45, 2.75) is 127 Å². The molecule has 1 heterocycles. The van der Waals surface area contributed by atoms with Crippen molar-refractivity contribution in [3.8, 4) is 0 Å². The molecule has 1 aliphatic heterocycles. The Morgan fingerprint density at radius 2 is 0.900 bits per heavy atom. The molecule has 0 aromatic heterocycles. The molecule has 2 nitrogen and oxygen atoms in total. The summed E-state index contributed by atoms with van der Waals surface area (Å²) in [6.45, 7) is 8.25. The number of benzene rings is 6. The molecule has 0 atom stereocenters. The predicted octanol–water partition coefficient (Wildman–Crippen LogP) is 16.6. The van der Waals surface area contributed by atoms with Crippen molar-refractivity contribution in [3.05, 3.63) is 128 Å². The van der Waals surface area contributed by atoms with Crippen molar-refractivity contribution in [1.82, 2.24) is 0 Å². The van der Waals surface area contributed by atoms with Crippen LogP contribution in [-0.4, -0.2) is 34.7 Å². The van der Waals surface area contributed by atoms with E-state index in [9.17, 15) is 0 Å². The third-order valence-corrected chi connectivity index (χ3v) is 20.0. The second kappa shape index (κ2) is 21.5. The standard InChI is InChI=1S/C31H23N2.C18H33P.C5H8.2ClH.Ru/c1-3-11-26-22(7-1)15-17-24-9-5-13-28(30(24)26)32-19-20-33(21-32)29-14-6-10-25-18-16-23-8-2-4-12-27(23)31(25)29;1-4-10-16(11-5-1)19(17-12-6-2-7-13-17)18-14-8-3-9-15-18;1-4-5(2)3;;;/h1-18,21H,19-20H2;16-18H,1-15H2;1,4H,2-3H3;2*1H;/q-1;;;;;+2/p-1. The average molecular weight is 945 g/mol. The van der Waals surface area contributed by atoms with Gasteiger partial charge in [0.25, 0.3) is 0 Å². The van der Waals surface area contributed by atoms with Gasteiger partial charge in [0.15, 0.2) is 0 Å². The maximum atomic E-state index is 5.53. The summed E-state index contributed by atoms with van der Waals surface area (Å²) in [6.07, 6.45) is 25.7. The maximum absolute atomic E-state index is 5.53. The van der Waals surface area contributed by atoms with Crippen LogP contribution in [0, 0.1) is 6.67 Å². The van der Waals surface area contributed by atoms with Gasteiger partial charge in [-0.2, -0.15) is 6.67 Å². The molecule has 6 heteroatoms. The molecule has 60 heavy (non-hydrogen) atoms. The van der Waals surface area contributed by atoms with E-state index < -0.39 is 13.5 Å². The summed E-state index contributed by atoms with van der Waals surface area (Å²) in [5, 5.41) is 10.4. The van der Waals surface area contributed by atoms with Crippen molar-refractivity contribution in [3.63, 3.8) is 0 Å². The first-order valence-electron chi connectivity index (χ1n) is 23.0. The summed E-state index contributed by atoms with van der Waals surface area (Å²) in [4.78, 5) is 4.83. The summed E-state index contributed by atoms with van der Waals surface area (Å²) in [7, 11) is 11.0. The Balaban J connectivity index is 0.000000156. The molecule has 1 saturated heterocycles. The van der Waals surface area contributed by atoms with Crippen LogP contribution in [0.5, 0.6) is 0 Å². The molecule has 0 N–H and O–H groups in total. The fourth-order valence-electron chi connectivity index (χ4n) is 10.9. The minimum Gasteiger partial charge on any atom is -0.502 e. The van der Waals surface area contributed by atoms with Crippen LogP contribution in [0.4, 0.5) is 11.4 Å². The first-order valence-corrected chi connectivity index (χ1v) is 30.2. The molecule has 0 bridgehead atoms. The summed E-state index contributed by atoms with van der Waals surface area (Å²) in [6, 6.07) is 39.6. The number of fused-ring (bicyclic) bond motifs is 6. The molecule has 3 aliphatic carbocycles. The Morgan fingerprint density at radius 1 is 0.517 bits per heavy atom. The zero-order valence-electron chi connectivity index (χ0n) is 35.9. The topological polar surface area (TPSA) is 6.48 Å². The Bertz CT molecular complexity index is 2220. The molecular formula is C54H65Cl2N2PRu. The molecule has 3 saturated carbocycles. The van der Waals surface area contributed by atoms with Crippen molar-refractivity contribution < 1.29 is 13.5 Å². The van der Waals surface area contributed by atoms with Crippen LogP contribution >= 0.6 is 27.3 Å². The van der Waals surface area contributed by atoms with Crippen LogP contribution in [0.15, 0.2) is 121 Å². The third kappa shape index (κ3) is 10.7. The molecule has 0 unspecified atom stereocenters. The van der Waals surface area contributed by atoms with E-state index in [1.54, 1.807) is 96.3 Å². The number of nitrogens with zero attached hydrogens (tertiary/aromatic N) is 2. The quantitative estimate of drug-likeness (QED) is 0.0710. The second-order valence-electron chi connectivity index (χ2n) is 17.9. The Kier molecular flexibility index (Phi) is 15.7. The number of hydrogen-bond donors (Lipinski definition) is 0. The number of halogens is 2. The number of hydrogen-bond acceptors (Lipinski definition) is 2. The molecule has 0 spiro atoms. The fraction of sp³-hybridized carbons (Fsp3) is 0.407. The summed E-state index contributed by atoms with van der Waals surface area (Å²) >= 11 is -1.52. The van der Waals surface area contributed by atoms with Gasteiger partial charge < -0.3 is 9.80 Å². The Hall–Kier alpha value is -2.80. The van der Waals surface area contributed by atoms with E-state index in [1.807, 2.05) is 24.5 Å². The minimum atomic E-state index is -1.52. The number of rotatable bonds is 6. The second-order valence-corrected chi connectivity index (χ2v) is 27.1. The maximum Gasteiger partial charge on any atom is 0.0172 e. The van der Waals surface area contributed by atoms with Gasteiger partial charge in [-0.25, -0.2) is 0 Å². The van der Waals surface area contributed by atoms with Gasteiger partial charge in [-0.3, -0.25) is 0 Å². The van der Waals surface area contributed by atoms with Gasteiger partial charge >= 0.3 is 63.0 Å². The molecule has 0 amide bonds. The van der Waals surface area contributed by atoms with Gasteiger partial charge in [0.05, 0.1) is 17.0 Å². The molecule has 10 rings (SSSR count). The molecule has 6 aromatic carbocycles. The number of anilines is 2. The predicted molar refractivity (Wildman–Crippen MR) is 268 cm³/mol. The van der Waals surface area contributed by atoms with Gasteiger partial charge in [-0.1, -0.05) is 116 Å².